The molecule has 0 spiro atoms. The van der Waals surface area contributed by atoms with Gasteiger partial charge in [0.1, 0.15) is 17.9 Å². The normalized spacial score (nSPS) is 19.2. The fraction of sp³-hybridized carbons (Fsp3) is 0.593. The van der Waals surface area contributed by atoms with Crippen LogP contribution in [0.2, 0.25) is 0 Å². The number of amides is 1. The Bertz CT molecular complexity index is 1330. The van der Waals surface area contributed by atoms with Gasteiger partial charge < -0.3 is 10.6 Å². The molecule has 0 radical (unpaired) electrons. The Balaban J connectivity index is 1.27. The Morgan fingerprint density at radius 2 is 2.00 bits per heavy atom. The Morgan fingerprint density at radius 3 is 2.73 bits per heavy atom. The highest BCUT2D eigenvalue weighted by Crippen LogP contribution is 2.41. The molecule has 0 saturated heterocycles. The van der Waals surface area contributed by atoms with Crippen LogP contribution in [0.5, 0.6) is 0 Å². The number of nitrogens with zero attached hydrogens (tertiary/aromatic N) is 5. The van der Waals surface area contributed by atoms with E-state index in [1.54, 1.807) is 17.7 Å². The van der Waals surface area contributed by atoms with Crippen LogP contribution in [0.15, 0.2) is 12.4 Å². The minimum Gasteiger partial charge on any atom is -0.352 e. The van der Waals surface area contributed by atoms with E-state index in [0.29, 0.717) is 18.3 Å². The number of nitrogens with one attached hydrogen (secondary N) is 2. The highest BCUT2D eigenvalue weighted by atomic mass is 32.1. The topological polar surface area (TPSA) is 107 Å². The monoisotopic (exact) mass is 521 g/mol. The third-order valence-corrected chi connectivity index (χ3v) is 9.00. The molecule has 10 heteroatoms. The molecule has 2 fully saturated rings. The molecule has 0 aliphatic heterocycles. The first kappa shape index (κ1) is 24.3. The number of aromatic nitrogens is 5. The van der Waals surface area contributed by atoms with Crippen LogP contribution in [0.4, 0.5) is 11.8 Å². The van der Waals surface area contributed by atoms with E-state index in [1.807, 2.05) is 17.7 Å². The summed E-state index contributed by atoms with van der Waals surface area (Å²) in [7, 11) is 0. The van der Waals surface area contributed by atoms with Crippen LogP contribution in [-0.4, -0.2) is 42.8 Å². The first-order valence-corrected chi connectivity index (χ1v) is 14.4. The minimum atomic E-state index is -0.0120. The third kappa shape index (κ3) is 5.08. The van der Waals surface area contributed by atoms with Gasteiger partial charge in [-0.3, -0.25) is 14.2 Å². The Labute approximate surface area is 221 Å². The van der Waals surface area contributed by atoms with Crippen molar-refractivity contribution in [2.45, 2.75) is 84.2 Å². The third-order valence-electron chi connectivity index (χ3n) is 7.70. The summed E-state index contributed by atoms with van der Waals surface area (Å²) in [5.41, 5.74) is 2.81. The van der Waals surface area contributed by atoms with Crippen molar-refractivity contribution in [1.82, 2.24) is 29.9 Å². The summed E-state index contributed by atoms with van der Waals surface area (Å²) in [5.74, 6) is 2.64. The minimum absolute atomic E-state index is 0.0120. The summed E-state index contributed by atoms with van der Waals surface area (Å²) in [6.45, 7) is 6.91. The van der Waals surface area contributed by atoms with Gasteiger partial charge in [0.2, 0.25) is 5.95 Å². The Kier molecular flexibility index (Phi) is 6.38. The number of ketones is 1. The number of fused-ring (bicyclic) bond motifs is 1. The van der Waals surface area contributed by atoms with Crippen LogP contribution in [0.1, 0.15) is 89.4 Å². The predicted octanol–water partition coefficient (Wildman–Crippen LogP) is 4.56. The van der Waals surface area contributed by atoms with Gasteiger partial charge in [-0.25, -0.2) is 4.68 Å². The van der Waals surface area contributed by atoms with Crippen molar-refractivity contribution in [3.63, 3.8) is 0 Å². The number of anilines is 2. The van der Waals surface area contributed by atoms with Crippen LogP contribution < -0.4 is 10.6 Å². The van der Waals surface area contributed by atoms with E-state index in [0.717, 1.165) is 66.2 Å². The molecule has 0 bridgehead atoms. The second kappa shape index (κ2) is 9.70. The molecule has 2 saturated carbocycles. The number of carbonyl (C=O) groups excluding carboxylic acids is 2. The van der Waals surface area contributed by atoms with Gasteiger partial charge in [-0.2, -0.15) is 5.10 Å². The fourth-order valence-corrected chi connectivity index (χ4v) is 6.68. The van der Waals surface area contributed by atoms with E-state index < -0.39 is 0 Å². The van der Waals surface area contributed by atoms with Crippen LogP contribution in [0, 0.1) is 18.8 Å². The van der Waals surface area contributed by atoms with Gasteiger partial charge in [0.15, 0.2) is 0 Å². The molecule has 196 valence electrons. The molecular weight excluding hydrogens is 486 g/mol. The molecule has 3 aromatic heterocycles. The molecule has 0 aromatic carbocycles. The van der Waals surface area contributed by atoms with Crippen LogP contribution in [-0.2, 0) is 24.1 Å². The maximum absolute atomic E-state index is 13.4. The number of rotatable bonds is 10. The fourth-order valence-electron chi connectivity index (χ4n) is 5.32. The van der Waals surface area contributed by atoms with Crippen LogP contribution in [0.3, 0.4) is 0 Å². The van der Waals surface area contributed by atoms with Crippen molar-refractivity contribution >= 4 is 34.8 Å². The van der Waals surface area contributed by atoms with E-state index in [2.05, 4.69) is 44.3 Å². The molecule has 1 atom stereocenters. The van der Waals surface area contributed by atoms with Crippen LogP contribution in [0.25, 0.3) is 0 Å². The smallest absolute Gasteiger partial charge is 0.252 e. The molecule has 6 rings (SSSR count). The quantitative estimate of drug-likeness (QED) is 0.405. The second-order valence-corrected chi connectivity index (χ2v) is 12.4. The number of carbonyl (C=O) groups is 2. The number of Topliss-reactive ketones (excluding diaryl/α,β-unsaturated/α-hetero) is 1. The number of hydrogen-bond donors (Lipinski definition) is 2. The zero-order valence-corrected chi connectivity index (χ0v) is 22.6. The Morgan fingerprint density at radius 1 is 1.19 bits per heavy atom. The predicted molar refractivity (Wildman–Crippen MR) is 143 cm³/mol. The van der Waals surface area contributed by atoms with E-state index in [1.165, 1.54) is 17.7 Å². The lowest BCUT2D eigenvalue weighted by molar-refractivity contribution is -0.119. The van der Waals surface area contributed by atoms with Gasteiger partial charge >= 0.3 is 0 Å². The molecule has 37 heavy (non-hydrogen) atoms. The first-order chi connectivity index (χ1) is 17.9. The Hall–Kier alpha value is -3.01. The lowest BCUT2D eigenvalue weighted by atomic mass is 9.90. The lowest BCUT2D eigenvalue weighted by Gasteiger charge is -2.25. The zero-order valence-electron chi connectivity index (χ0n) is 21.8. The van der Waals surface area contributed by atoms with Crippen molar-refractivity contribution in [1.29, 1.82) is 0 Å². The number of hydrogen-bond acceptors (Lipinski definition) is 7. The van der Waals surface area contributed by atoms with Crippen molar-refractivity contribution in [3.8, 4) is 0 Å². The second-order valence-electron chi connectivity index (χ2n) is 11.2. The van der Waals surface area contributed by atoms with E-state index >= 15 is 0 Å². The highest BCUT2D eigenvalue weighted by Gasteiger charge is 2.35. The molecule has 3 aliphatic rings. The average molecular weight is 522 g/mol. The van der Waals surface area contributed by atoms with Gasteiger partial charge in [-0.15, -0.1) is 21.5 Å². The molecule has 3 aromatic rings. The molecular formula is C27H35N7O2S. The molecule has 9 nitrogen and oxygen atoms in total. The van der Waals surface area contributed by atoms with Crippen molar-refractivity contribution in [2.24, 2.45) is 11.8 Å². The summed E-state index contributed by atoms with van der Waals surface area (Å²) in [5, 5.41) is 19.8. The summed E-state index contributed by atoms with van der Waals surface area (Å²) in [6.07, 6.45) is 9.07. The van der Waals surface area contributed by atoms with Gasteiger partial charge in [-0.05, 0) is 77.2 Å². The van der Waals surface area contributed by atoms with Gasteiger partial charge in [0, 0.05) is 46.8 Å². The van der Waals surface area contributed by atoms with E-state index in [-0.39, 0.29) is 29.7 Å². The summed E-state index contributed by atoms with van der Waals surface area (Å²) >= 11 is 1.68. The molecule has 2 N–H and O–H groups in total. The summed E-state index contributed by atoms with van der Waals surface area (Å²) < 4.78 is 4.05. The van der Waals surface area contributed by atoms with E-state index in [4.69, 9.17) is 0 Å². The van der Waals surface area contributed by atoms with Gasteiger partial charge in [-0.1, -0.05) is 0 Å². The molecule has 3 aliphatic carbocycles. The van der Waals surface area contributed by atoms with Gasteiger partial charge in [0.25, 0.3) is 5.91 Å². The summed E-state index contributed by atoms with van der Waals surface area (Å²) in [4.78, 5) is 28.4. The van der Waals surface area contributed by atoms with Gasteiger partial charge in [0.05, 0.1) is 11.3 Å². The first-order valence-electron chi connectivity index (χ1n) is 13.5. The molecule has 1 amide bonds. The zero-order chi connectivity index (χ0) is 25.7. The van der Waals surface area contributed by atoms with Crippen molar-refractivity contribution < 1.29 is 9.59 Å². The number of aryl methyl sites for hydroxylation is 2. The maximum Gasteiger partial charge on any atom is 0.252 e. The lowest BCUT2D eigenvalue weighted by Crippen LogP contribution is -2.28. The largest absolute Gasteiger partial charge is 0.352 e. The summed E-state index contributed by atoms with van der Waals surface area (Å²) in [6, 6.07) is 2.35. The molecule has 0 unspecified atom stereocenters. The van der Waals surface area contributed by atoms with Crippen molar-refractivity contribution in [3.05, 3.63) is 39.0 Å². The standard InChI is InChI=1S/C27H35N7O2S/c1-15(2)34-24(10-16(3)32-34)30-27-31-29-14-33(27)19-8-9-22-20(11-19)25(26(36)28-13-17-4-5-17)23(37-22)12-21(35)18-6-7-18/h10,14-15,17-19H,4-9,11-13H2,1-3H3,(H,28,36)(H,30,31)/t19-/m0/s1. The van der Waals surface area contributed by atoms with Crippen molar-refractivity contribution in [2.75, 3.05) is 11.9 Å². The maximum atomic E-state index is 13.4. The SMILES string of the molecule is Cc1cc(Nc2nncn2[C@H]2CCc3sc(CC(=O)C4CC4)c(C(=O)NCC4CC4)c3C2)n(C(C)C)n1. The molecule has 3 heterocycles. The average Bonchev–Trinajstić information content (AvgIpc) is 3.77. The number of thiophene rings is 1. The highest BCUT2D eigenvalue weighted by molar-refractivity contribution is 7.12. The van der Waals surface area contributed by atoms with E-state index in [9.17, 15) is 9.59 Å². The van der Waals surface area contributed by atoms with Crippen LogP contribution >= 0.6 is 11.3 Å².